The Morgan fingerprint density at radius 2 is 1.73 bits per heavy atom. The van der Waals surface area contributed by atoms with Gasteiger partial charge in [0.2, 0.25) is 3.12 Å². The lowest BCUT2D eigenvalue weighted by molar-refractivity contribution is 0.225. The first-order valence-corrected chi connectivity index (χ1v) is 5.93. The van der Waals surface area contributed by atoms with E-state index >= 15 is 0 Å². The highest BCUT2D eigenvalue weighted by Crippen LogP contribution is 2.43. The molecule has 1 aromatic rings. The highest BCUT2D eigenvalue weighted by molar-refractivity contribution is 8.04. The van der Waals surface area contributed by atoms with E-state index in [2.05, 4.69) is 4.74 Å². The summed E-state index contributed by atoms with van der Waals surface area (Å²) < 4.78 is 3.21. The van der Waals surface area contributed by atoms with Crippen LogP contribution < -0.4 is 4.74 Å². The maximum absolute atomic E-state index is 10.4. The normalized spacial score (nSPS) is 11.2. The van der Waals surface area contributed by atoms with Crippen LogP contribution in [0.5, 0.6) is 5.75 Å². The maximum Gasteiger partial charge on any atom is 0.409 e. The van der Waals surface area contributed by atoms with Crippen molar-refractivity contribution in [2.24, 2.45) is 0 Å². The average molecular weight is 306 g/mol. The van der Waals surface area contributed by atoms with Crippen molar-refractivity contribution in [1.29, 1.82) is 0 Å². The number of carbonyl (C=O) groups excluding carboxylic acids is 1. The van der Waals surface area contributed by atoms with Crippen LogP contribution in [-0.4, -0.2) is 8.55 Å². The molecule has 82 valence electrons. The van der Waals surface area contributed by atoms with Gasteiger partial charge >= 0.3 is 5.43 Å². The summed E-state index contributed by atoms with van der Waals surface area (Å²) in [4.78, 5) is 11.1. The molecular formula is C8H4Cl4O2S. The van der Waals surface area contributed by atoms with Crippen LogP contribution in [0.3, 0.4) is 0 Å². The number of halogens is 4. The lowest BCUT2D eigenvalue weighted by Gasteiger charge is -2.09. The Bertz CT molecular complexity index is 347. The quantitative estimate of drug-likeness (QED) is 0.444. The standard InChI is InChI=1S/C8H4Cl4O2S/c9-7(13)14-5-1-3-6(4-2-5)15-8(10,11)12/h1-4H. The number of hydrogen-bond acceptors (Lipinski definition) is 3. The zero-order chi connectivity index (χ0) is 11.5. The van der Waals surface area contributed by atoms with Gasteiger partial charge in [0.15, 0.2) is 0 Å². The third-order valence-corrected chi connectivity index (χ3v) is 2.77. The van der Waals surface area contributed by atoms with Crippen LogP contribution in [0.25, 0.3) is 0 Å². The lowest BCUT2D eigenvalue weighted by Crippen LogP contribution is -1.96. The number of rotatable bonds is 2. The van der Waals surface area contributed by atoms with E-state index in [1.165, 1.54) is 0 Å². The second-order valence-corrected chi connectivity index (χ2v) is 6.91. The van der Waals surface area contributed by atoms with Crippen molar-refractivity contribution >= 4 is 63.6 Å². The minimum atomic E-state index is -1.41. The molecule has 0 aromatic heterocycles. The molecule has 0 radical (unpaired) electrons. The Kier molecular flexibility index (Phi) is 4.87. The van der Waals surface area contributed by atoms with Gasteiger partial charge in [-0.15, -0.1) is 0 Å². The molecule has 2 nitrogen and oxygen atoms in total. The van der Waals surface area contributed by atoms with Gasteiger partial charge < -0.3 is 4.74 Å². The molecule has 0 amide bonds. The first-order chi connectivity index (χ1) is 6.87. The summed E-state index contributed by atoms with van der Waals surface area (Å²) in [7, 11) is 0. The average Bonchev–Trinajstić information content (AvgIpc) is 2.05. The highest BCUT2D eigenvalue weighted by Gasteiger charge is 2.21. The van der Waals surface area contributed by atoms with Gasteiger partial charge in [0.1, 0.15) is 5.75 Å². The van der Waals surface area contributed by atoms with Crippen LogP contribution in [0.4, 0.5) is 4.79 Å². The second kappa shape index (κ2) is 5.51. The molecule has 15 heavy (non-hydrogen) atoms. The molecule has 0 aliphatic carbocycles. The summed E-state index contributed by atoms with van der Waals surface area (Å²) in [6, 6.07) is 6.42. The summed E-state index contributed by atoms with van der Waals surface area (Å²) >= 11 is 22.8. The molecule has 0 unspecified atom stereocenters. The van der Waals surface area contributed by atoms with Crippen molar-refractivity contribution in [3.63, 3.8) is 0 Å². The monoisotopic (exact) mass is 304 g/mol. The van der Waals surface area contributed by atoms with Crippen molar-refractivity contribution in [3.05, 3.63) is 24.3 Å². The fourth-order valence-corrected chi connectivity index (χ4v) is 2.23. The van der Waals surface area contributed by atoms with Crippen molar-refractivity contribution in [2.75, 3.05) is 0 Å². The molecule has 0 heterocycles. The topological polar surface area (TPSA) is 26.3 Å². The minimum Gasteiger partial charge on any atom is -0.415 e. The fourth-order valence-electron chi connectivity index (χ4n) is 0.802. The molecule has 0 fully saturated rings. The Hall–Kier alpha value is 0.200. The van der Waals surface area contributed by atoms with Gasteiger partial charge in [-0.3, -0.25) is 0 Å². The predicted octanol–water partition coefficient (Wildman–Crippen LogP) is 4.84. The van der Waals surface area contributed by atoms with Crippen LogP contribution >= 0.6 is 58.2 Å². The summed E-state index contributed by atoms with van der Waals surface area (Å²) in [5.41, 5.74) is -0.892. The van der Waals surface area contributed by atoms with E-state index in [9.17, 15) is 4.79 Å². The van der Waals surface area contributed by atoms with E-state index in [0.29, 0.717) is 5.75 Å². The number of ether oxygens (including phenoxy) is 1. The third-order valence-electron chi connectivity index (χ3n) is 1.26. The molecule has 0 spiro atoms. The summed E-state index contributed by atoms with van der Waals surface area (Å²) in [6.45, 7) is 0. The van der Waals surface area contributed by atoms with Crippen LogP contribution in [0, 0.1) is 0 Å². The second-order valence-electron chi connectivity index (χ2n) is 2.36. The predicted molar refractivity (Wildman–Crippen MR) is 64.5 cm³/mol. The molecular weight excluding hydrogens is 302 g/mol. The van der Waals surface area contributed by atoms with Crippen LogP contribution in [0.15, 0.2) is 29.2 Å². The summed E-state index contributed by atoms with van der Waals surface area (Å²) in [6.07, 6.45) is 0. The van der Waals surface area contributed by atoms with Crippen molar-refractivity contribution in [2.45, 2.75) is 8.02 Å². The van der Waals surface area contributed by atoms with E-state index in [1.54, 1.807) is 24.3 Å². The Labute approximate surface area is 111 Å². The van der Waals surface area contributed by atoms with Gasteiger partial charge in [-0.1, -0.05) is 46.6 Å². The van der Waals surface area contributed by atoms with E-state index < -0.39 is 8.55 Å². The van der Waals surface area contributed by atoms with Gasteiger partial charge in [-0.2, -0.15) is 0 Å². The van der Waals surface area contributed by atoms with Crippen LogP contribution in [0.1, 0.15) is 0 Å². The van der Waals surface area contributed by atoms with Crippen molar-refractivity contribution in [3.8, 4) is 5.75 Å². The largest absolute Gasteiger partial charge is 0.415 e. The van der Waals surface area contributed by atoms with Crippen LogP contribution in [0.2, 0.25) is 0 Å². The highest BCUT2D eigenvalue weighted by atomic mass is 35.6. The number of benzene rings is 1. The maximum atomic E-state index is 10.4. The van der Waals surface area contributed by atoms with Gasteiger partial charge in [0.05, 0.1) is 0 Å². The summed E-state index contributed by atoms with van der Waals surface area (Å²) in [5, 5.41) is 0. The third kappa shape index (κ3) is 5.73. The molecule has 0 atom stereocenters. The molecule has 0 aliphatic heterocycles. The van der Waals surface area contributed by atoms with E-state index in [0.717, 1.165) is 16.7 Å². The molecule has 1 aromatic carbocycles. The number of thioether (sulfide) groups is 1. The van der Waals surface area contributed by atoms with Gasteiger partial charge in [-0.25, -0.2) is 4.79 Å². The molecule has 0 saturated heterocycles. The molecule has 0 bridgehead atoms. The summed E-state index contributed by atoms with van der Waals surface area (Å²) in [5.74, 6) is 0.337. The number of alkyl halides is 3. The smallest absolute Gasteiger partial charge is 0.409 e. The Balaban J connectivity index is 2.68. The molecule has 0 N–H and O–H groups in total. The molecule has 0 aliphatic rings. The van der Waals surface area contributed by atoms with E-state index in [-0.39, 0.29) is 0 Å². The molecule has 1 rings (SSSR count). The minimum absolute atomic E-state index is 0.337. The molecule has 0 saturated carbocycles. The SMILES string of the molecule is O=C(Cl)Oc1ccc(SC(Cl)(Cl)Cl)cc1. The van der Waals surface area contributed by atoms with Crippen molar-refractivity contribution < 1.29 is 9.53 Å². The Morgan fingerprint density at radius 3 is 2.13 bits per heavy atom. The van der Waals surface area contributed by atoms with E-state index in [1.807, 2.05) is 0 Å². The van der Waals surface area contributed by atoms with Gasteiger partial charge in [0.25, 0.3) is 0 Å². The fraction of sp³-hybridized carbons (Fsp3) is 0.125. The number of hydrogen-bond donors (Lipinski definition) is 0. The molecule has 7 heteroatoms. The lowest BCUT2D eigenvalue weighted by atomic mass is 10.3. The van der Waals surface area contributed by atoms with Gasteiger partial charge in [-0.05, 0) is 24.3 Å². The Morgan fingerprint density at radius 1 is 1.20 bits per heavy atom. The first kappa shape index (κ1) is 13.3. The van der Waals surface area contributed by atoms with E-state index in [4.69, 9.17) is 46.4 Å². The number of carbonyl (C=O) groups is 1. The van der Waals surface area contributed by atoms with Crippen LogP contribution in [-0.2, 0) is 0 Å². The van der Waals surface area contributed by atoms with Crippen molar-refractivity contribution in [1.82, 2.24) is 0 Å². The zero-order valence-corrected chi connectivity index (χ0v) is 10.9. The first-order valence-electron chi connectivity index (χ1n) is 3.60. The van der Waals surface area contributed by atoms with Gasteiger partial charge in [0, 0.05) is 16.5 Å². The zero-order valence-electron chi connectivity index (χ0n) is 7.05.